The highest BCUT2D eigenvalue weighted by molar-refractivity contribution is 5.65. The number of hydrogen-bond donors (Lipinski definition) is 1. The number of benzene rings is 2. The molecule has 88 valence electrons. The highest BCUT2D eigenvalue weighted by Crippen LogP contribution is 2.25. The van der Waals surface area contributed by atoms with Crippen LogP contribution in [0.4, 0.5) is 4.39 Å². The molecular formula is C15H15FO. The number of aliphatic hydroxyl groups is 1. The van der Waals surface area contributed by atoms with Crippen molar-refractivity contribution in [1.29, 1.82) is 0 Å². The standard InChI is InChI=1S/C15H15FO/c1-2-11-6-7-15(16)14(9-11)13-5-3-4-12(8-13)10-17/h3-9,17H,2,10H2,1H3. The van der Waals surface area contributed by atoms with Crippen LogP contribution < -0.4 is 0 Å². The summed E-state index contributed by atoms with van der Waals surface area (Å²) in [6.45, 7) is 2.02. The summed E-state index contributed by atoms with van der Waals surface area (Å²) in [6, 6.07) is 12.5. The van der Waals surface area contributed by atoms with Gasteiger partial charge in [-0.1, -0.05) is 31.2 Å². The molecule has 0 saturated carbocycles. The van der Waals surface area contributed by atoms with E-state index < -0.39 is 0 Å². The minimum absolute atomic E-state index is 0.0249. The fraction of sp³-hybridized carbons (Fsp3) is 0.200. The van der Waals surface area contributed by atoms with Crippen molar-refractivity contribution in [1.82, 2.24) is 0 Å². The topological polar surface area (TPSA) is 20.2 Å². The van der Waals surface area contributed by atoms with Crippen LogP contribution in [0.3, 0.4) is 0 Å². The maximum absolute atomic E-state index is 13.8. The lowest BCUT2D eigenvalue weighted by Crippen LogP contribution is -1.90. The lowest BCUT2D eigenvalue weighted by molar-refractivity contribution is 0.282. The second kappa shape index (κ2) is 5.11. The summed E-state index contributed by atoms with van der Waals surface area (Å²) in [7, 11) is 0. The van der Waals surface area contributed by atoms with Gasteiger partial charge in [-0.15, -0.1) is 0 Å². The molecule has 0 aromatic heterocycles. The molecule has 2 aromatic carbocycles. The molecule has 0 aliphatic carbocycles. The van der Waals surface area contributed by atoms with E-state index in [-0.39, 0.29) is 12.4 Å². The number of hydrogen-bond acceptors (Lipinski definition) is 1. The van der Waals surface area contributed by atoms with E-state index in [1.165, 1.54) is 6.07 Å². The summed E-state index contributed by atoms with van der Waals surface area (Å²) in [5.74, 6) is -0.225. The van der Waals surface area contributed by atoms with Gasteiger partial charge >= 0.3 is 0 Å². The first kappa shape index (κ1) is 11.8. The minimum atomic E-state index is -0.225. The van der Waals surface area contributed by atoms with Crippen molar-refractivity contribution in [2.24, 2.45) is 0 Å². The smallest absolute Gasteiger partial charge is 0.131 e. The van der Waals surface area contributed by atoms with E-state index in [0.717, 1.165) is 23.1 Å². The van der Waals surface area contributed by atoms with E-state index in [0.29, 0.717) is 5.56 Å². The first-order valence-corrected chi connectivity index (χ1v) is 5.73. The van der Waals surface area contributed by atoms with E-state index >= 15 is 0 Å². The molecule has 0 radical (unpaired) electrons. The predicted molar refractivity (Wildman–Crippen MR) is 67.1 cm³/mol. The zero-order valence-corrected chi connectivity index (χ0v) is 9.78. The molecule has 0 spiro atoms. The molecule has 0 amide bonds. The zero-order chi connectivity index (χ0) is 12.3. The van der Waals surface area contributed by atoms with E-state index in [1.807, 2.05) is 37.3 Å². The Morgan fingerprint density at radius 2 is 1.88 bits per heavy atom. The number of aryl methyl sites for hydroxylation is 1. The van der Waals surface area contributed by atoms with Gasteiger partial charge in [-0.3, -0.25) is 0 Å². The zero-order valence-electron chi connectivity index (χ0n) is 9.78. The molecule has 17 heavy (non-hydrogen) atoms. The Morgan fingerprint density at radius 3 is 2.59 bits per heavy atom. The molecule has 1 nitrogen and oxygen atoms in total. The molecule has 0 atom stereocenters. The van der Waals surface area contributed by atoms with Gasteiger partial charge < -0.3 is 5.11 Å². The van der Waals surface area contributed by atoms with Crippen molar-refractivity contribution in [3.8, 4) is 11.1 Å². The fourth-order valence-corrected chi connectivity index (χ4v) is 1.85. The largest absolute Gasteiger partial charge is 0.392 e. The van der Waals surface area contributed by atoms with Crippen molar-refractivity contribution in [2.45, 2.75) is 20.0 Å². The number of halogens is 1. The highest BCUT2D eigenvalue weighted by atomic mass is 19.1. The summed E-state index contributed by atoms with van der Waals surface area (Å²) in [5, 5.41) is 9.09. The normalized spacial score (nSPS) is 10.5. The van der Waals surface area contributed by atoms with Crippen molar-refractivity contribution < 1.29 is 9.50 Å². The summed E-state index contributed by atoms with van der Waals surface area (Å²) in [4.78, 5) is 0. The van der Waals surface area contributed by atoms with Crippen LogP contribution in [-0.2, 0) is 13.0 Å². The molecule has 0 unspecified atom stereocenters. The second-order valence-electron chi connectivity index (χ2n) is 4.03. The molecule has 0 saturated heterocycles. The summed E-state index contributed by atoms with van der Waals surface area (Å²) < 4.78 is 13.8. The van der Waals surface area contributed by atoms with Gasteiger partial charge in [0.2, 0.25) is 0 Å². The van der Waals surface area contributed by atoms with Gasteiger partial charge in [0.15, 0.2) is 0 Å². The highest BCUT2D eigenvalue weighted by Gasteiger charge is 2.06. The molecule has 0 fully saturated rings. The van der Waals surface area contributed by atoms with Crippen LogP contribution >= 0.6 is 0 Å². The maximum atomic E-state index is 13.8. The third-order valence-corrected chi connectivity index (χ3v) is 2.86. The Balaban J connectivity index is 2.50. The van der Waals surface area contributed by atoms with E-state index in [2.05, 4.69) is 0 Å². The SMILES string of the molecule is CCc1ccc(F)c(-c2cccc(CO)c2)c1. The van der Waals surface area contributed by atoms with Gasteiger partial charge in [0.1, 0.15) is 5.82 Å². The maximum Gasteiger partial charge on any atom is 0.131 e. The van der Waals surface area contributed by atoms with Gasteiger partial charge in [0, 0.05) is 5.56 Å². The second-order valence-corrected chi connectivity index (χ2v) is 4.03. The first-order chi connectivity index (χ1) is 8.24. The molecule has 0 aliphatic heterocycles. The van der Waals surface area contributed by atoms with Crippen molar-refractivity contribution in [3.05, 3.63) is 59.4 Å². The molecule has 1 N–H and O–H groups in total. The Morgan fingerprint density at radius 1 is 1.06 bits per heavy atom. The Kier molecular flexibility index (Phi) is 3.55. The third-order valence-electron chi connectivity index (χ3n) is 2.86. The molecule has 2 heteroatoms. The Labute approximate surface area is 101 Å². The van der Waals surface area contributed by atoms with Crippen LogP contribution in [0.5, 0.6) is 0 Å². The van der Waals surface area contributed by atoms with Gasteiger partial charge in [0.25, 0.3) is 0 Å². The molecule has 2 aromatic rings. The fourth-order valence-electron chi connectivity index (χ4n) is 1.85. The van der Waals surface area contributed by atoms with Crippen molar-refractivity contribution >= 4 is 0 Å². The van der Waals surface area contributed by atoms with Gasteiger partial charge in [-0.25, -0.2) is 4.39 Å². The van der Waals surface area contributed by atoms with E-state index in [4.69, 9.17) is 5.11 Å². The summed E-state index contributed by atoms with van der Waals surface area (Å²) >= 11 is 0. The van der Waals surface area contributed by atoms with Gasteiger partial charge in [-0.2, -0.15) is 0 Å². The summed E-state index contributed by atoms with van der Waals surface area (Å²) in [6.07, 6.45) is 0.882. The minimum Gasteiger partial charge on any atom is -0.392 e. The lowest BCUT2D eigenvalue weighted by Gasteiger charge is -2.07. The molecular weight excluding hydrogens is 215 g/mol. The van der Waals surface area contributed by atoms with Gasteiger partial charge in [-0.05, 0) is 41.3 Å². The third kappa shape index (κ3) is 2.53. The van der Waals surface area contributed by atoms with E-state index in [1.54, 1.807) is 6.07 Å². The molecule has 0 heterocycles. The van der Waals surface area contributed by atoms with Crippen LogP contribution in [0.25, 0.3) is 11.1 Å². The van der Waals surface area contributed by atoms with Crippen molar-refractivity contribution in [3.63, 3.8) is 0 Å². The van der Waals surface area contributed by atoms with Crippen LogP contribution in [0.15, 0.2) is 42.5 Å². The summed E-state index contributed by atoms with van der Waals surface area (Å²) in [5.41, 5.74) is 3.31. The van der Waals surface area contributed by atoms with Crippen LogP contribution in [-0.4, -0.2) is 5.11 Å². The lowest BCUT2D eigenvalue weighted by atomic mass is 10.00. The van der Waals surface area contributed by atoms with E-state index in [9.17, 15) is 4.39 Å². The molecule has 0 aliphatic rings. The molecule has 2 rings (SSSR count). The average molecular weight is 230 g/mol. The average Bonchev–Trinajstić information content (AvgIpc) is 2.39. The predicted octanol–water partition coefficient (Wildman–Crippen LogP) is 3.55. The monoisotopic (exact) mass is 230 g/mol. The number of rotatable bonds is 3. The number of aliphatic hydroxyl groups excluding tert-OH is 1. The Hall–Kier alpha value is -1.67. The first-order valence-electron chi connectivity index (χ1n) is 5.73. The van der Waals surface area contributed by atoms with Crippen LogP contribution in [0, 0.1) is 5.82 Å². The Bertz CT molecular complexity index is 520. The van der Waals surface area contributed by atoms with Crippen LogP contribution in [0.1, 0.15) is 18.1 Å². The van der Waals surface area contributed by atoms with Crippen LogP contribution in [0.2, 0.25) is 0 Å². The van der Waals surface area contributed by atoms with Gasteiger partial charge in [0.05, 0.1) is 6.61 Å². The quantitative estimate of drug-likeness (QED) is 0.855. The van der Waals surface area contributed by atoms with Crippen molar-refractivity contribution in [2.75, 3.05) is 0 Å². The molecule has 0 bridgehead atoms.